The number of furan rings is 1. The highest BCUT2D eigenvalue weighted by Gasteiger charge is 2.16. The molecule has 21 heavy (non-hydrogen) atoms. The number of benzene rings is 1. The smallest absolute Gasteiger partial charge is 0.374 e. The molecule has 2 rings (SSSR count). The van der Waals surface area contributed by atoms with Gasteiger partial charge in [0.2, 0.25) is 5.76 Å². The summed E-state index contributed by atoms with van der Waals surface area (Å²) < 4.78 is 15.0. The van der Waals surface area contributed by atoms with Crippen LogP contribution in [0.25, 0.3) is 0 Å². The number of ether oxygens (including phenoxy) is 2. The van der Waals surface area contributed by atoms with Gasteiger partial charge < -0.3 is 19.2 Å². The lowest BCUT2D eigenvalue weighted by atomic mass is 10.3. The summed E-state index contributed by atoms with van der Waals surface area (Å²) in [5.41, 5.74) is 0.563. The lowest BCUT2D eigenvalue weighted by Crippen LogP contribution is -2.11. The molecule has 1 N–H and O–H groups in total. The van der Waals surface area contributed by atoms with E-state index < -0.39 is 11.9 Å². The van der Waals surface area contributed by atoms with Crippen molar-refractivity contribution in [3.63, 3.8) is 0 Å². The standard InChI is InChI=1S/C15H15NO5/c1-3-20-15(18)13-8-7-12(21-13)14(17)16-10-5-4-6-11(9-10)19-2/h4-9H,3H2,1-2H3,(H,16,17). The van der Waals surface area contributed by atoms with Gasteiger partial charge in [-0.3, -0.25) is 4.79 Å². The quantitative estimate of drug-likeness (QED) is 0.856. The van der Waals surface area contributed by atoms with Gasteiger partial charge >= 0.3 is 5.97 Å². The summed E-state index contributed by atoms with van der Waals surface area (Å²) in [4.78, 5) is 23.5. The molecule has 0 saturated heterocycles. The van der Waals surface area contributed by atoms with Crippen molar-refractivity contribution in [2.24, 2.45) is 0 Å². The zero-order valence-corrected chi connectivity index (χ0v) is 11.7. The Bertz CT molecular complexity index is 647. The van der Waals surface area contributed by atoms with Crippen molar-refractivity contribution < 1.29 is 23.5 Å². The summed E-state index contributed by atoms with van der Waals surface area (Å²) in [7, 11) is 1.54. The van der Waals surface area contributed by atoms with Crippen LogP contribution in [-0.4, -0.2) is 25.6 Å². The average Bonchev–Trinajstić information content (AvgIpc) is 2.98. The molecule has 110 valence electrons. The van der Waals surface area contributed by atoms with E-state index >= 15 is 0 Å². The van der Waals surface area contributed by atoms with E-state index in [4.69, 9.17) is 13.9 Å². The number of carbonyl (C=O) groups excluding carboxylic acids is 2. The van der Waals surface area contributed by atoms with E-state index in [1.54, 1.807) is 38.3 Å². The molecule has 1 aromatic heterocycles. The fraction of sp³-hybridized carbons (Fsp3) is 0.200. The summed E-state index contributed by atoms with van der Waals surface area (Å²) in [6.07, 6.45) is 0. The van der Waals surface area contributed by atoms with Gasteiger partial charge in [0.1, 0.15) is 5.75 Å². The highest BCUT2D eigenvalue weighted by Crippen LogP contribution is 2.18. The minimum absolute atomic E-state index is 0.00681. The third-order valence-corrected chi connectivity index (χ3v) is 2.63. The first-order chi connectivity index (χ1) is 10.1. The lowest BCUT2D eigenvalue weighted by Gasteiger charge is -2.05. The van der Waals surface area contributed by atoms with Gasteiger partial charge in [-0.1, -0.05) is 6.07 Å². The van der Waals surface area contributed by atoms with Gasteiger partial charge in [-0.15, -0.1) is 0 Å². The summed E-state index contributed by atoms with van der Waals surface area (Å²) >= 11 is 0. The fourth-order valence-electron chi connectivity index (χ4n) is 1.67. The van der Waals surface area contributed by atoms with Crippen molar-refractivity contribution in [1.29, 1.82) is 0 Å². The van der Waals surface area contributed by atoms with E-state index in [0.717, 1.165) is 0 Å². The highest BCUT2D eigenvalue weighted by molar-refractivity contribution is 6.03. The third kappa shape index (κ3) is 3.62. The number of rotatable bonds is 5. The van der Waals surface area contributed by atoms with Crippen molar-refractivity contribution in [1.82, 2.24) is 0 Å². The first kappa shape index (κ1) is 14.6. The molecule has 6 nitrogen and oxygen atoms in total. The molecule has 0 aliphatic carbocycles. The van der Waals surface area contributed by atoms with Crippen LogP contribution in [0.3, 0.4) is 0 Å². The van der Waals surface area contributed by atoms with E-state index in [1.165, 1.54) is 12.1 Å². The predicted octanol–water partition coefficient (Wildman–Crippen LogP) is 2.72. The number of amides is 1. The Balaban J connectivity index is 2.08. The zero-order chi connectivity index (χ0) is 15.2. The van der Waals surface area contributed by atoms with Gasteiger partial charge in [0, 0.05) is 11.8 Å². The molecule has 0 radical (unpaired) electrons. The molecule has 1 heterocycles. The number of carbonyl (C=O) groups is 2. The van der Waals surface area contributed by atoms with E-state index in [0.29, 0.717) is 11.4 Å². The van der Waals surface area contributed by atoms with E-state index in [-0.39, 0.29) is 18.1 Å². The van der Waals surface area contributed by atoms with E-state index in [9.17, 15) is 9.59 Å². The molecule has 1 aromatic carbocycles. The third-order valence-electron chi connectivity index (χ3n) is 2.63. The number of hydrogen-bond acceptors (Lipinski definition) is 5. The minimum Gasteiger partial charge on any atom is -0.497 e. The SMILES string of the molecule is CCOC(=O)c1ccc(C(=O)Nc2cccc(OC)c2)o1. The molecular weight excluding hydrogens is 274 g/mol. The van der Waals surface area contributed by atoms with Crippen LogP contribution in [-0.2, 0) is 4.74 Å². The maximum absolute atomic E-state index is 12.0. The van der Waals surface area contributed by atoms with E-state index in [2.05, 4.69) is 5.32 Å². The number of anilines is 1. The first-order valence-corrected chi connectivity index (χ1v) is 6.36. The Morgan fingerprint density at radius 1 is 1.19 bits per heavy atom. The highest BCUT2D eigenvalue weighted by atomic mass is 16.5. The van der Waals surface area contributed by atoms with Crippen molar-refractivity contribution >= 4 is 17.6 Å². The molecule has 0 bridgehead atoms. The van der Waals surface area contributed by atoms with Gasteiger partial charge in [-0.2, -0.15) is 0 Å². The van der Waals surface area contributed by atoms with Crippen LogP contribution in [0.4, 0.5) is 5.69 Å². The average molecular weight is 289 g/mol. The zero-order valence-electron chi connectivity index (χ0n) is 11.7. The molecule has 2 aromatic rings. The normalized spacial score (nSPS) is 10.0. The number of esters is 1. The van der Waals surface area contributed by atoms with Crippen LogP contribution in [0.15, 0.2) is 40.8 Å². The Labute approximate surface area is 121 Å². The van der Waals surface area contributed by atoms with Crippen LogP contribution >= 0.6 is 0 Å². The van der Waals surface area contributed by atoms with Crippen molar-refractivity contribution in [3.8, 4) is 5.75 Å². The molecule has 0 aliphatic rings. The largest absolute Gasteiger partial charge is 0.497 e. The monoisotopic (exact) mass is 289 g/mol. The van der Waals surface area contributed by atoms with Crippen LogP contribution < -0.4 is 10.1 Å². The Kier molecular flexibility index (Phi) is 4.61. The summed E-state index contributed by atoms with van der Waals surface area (Å²) in [6.45, 7) is 1.93. The molecule has 0 atom stereocenters. The fourth-order valence-corrected chi connectivity index (χ4v) is 1.67. The Morgan fingerprint density at radius 2 is 1.95 bits per heavy atom. The molecule has 1 amide bonds. The van der Waals surface area contributed by atoms with Crippen LogP contribution in [0.5, 0.6) is 5.75 Å². The maximum Gasteiger partial charge on any atom is 0.374 e. The van der Waals surface area contributed by atoms with Gasteiger partial charge in [-0.05, 0) is 31.2 Å². The molecule has 0 saturated carbocycles. The van der Waals surface area contributed by atoms with Crippen LogP contribution in [0, 0.1) is 0 Å². The van der Waals surface area contributed by atoms with Gasteiger partial charge in [0.15, 0.2) is 5.76 Å². The summed E-state index contributed by atoms with van der Waals surface area (Å²) in [6, 6.07) is 9.73. The Morgan fingerprint density at radius 3 is 2.67 bits per heavy atom. The lowest BCUT2D eigenvalue weighted by molar-refractivity contribution is 0.0488. The van der Waals surface area contributed by atoms with Crippen molar-refractivity contribution in [3.05, 3.63) is 47.9 Å². The molecule has 6 heteroatoms. The second-order valence-corrected chi connectivity index (χ2v) is 4.07. The topological polar surface area (TPSA) is 77.8 Å². The molecule has 0 unspecified atom stereocenters. The minimum atomic E-state index is -0.599. The van der Waals surface area contributed by atoms with Crippen LogP contribution in [0.1, 0.15) is 28.0 Å². The second-order valence-electron chi connectivity index (χ2n) is 4.07. The molecular formula is C15H15NO5. The number of hydrogen-bond donors (Lipinski definition) is 1. The Hall–Kier alpha value is -2.76. The predicted molar refractivity (Wildman–Crippen MR) is 75.6 cm³/mol. The molecule has 0 fully saturated rings. The van der Waals surface area contributed by atoms with Gasteiger partial charge in [0.05, 0.1) is 13.7 Å². The van der Waals surface area contributed by atoms with Crippen molar-refractivity contribution in [2.45, 2.75) is 6.92 Å². The van der Waals surface area contributed by atoms with E-state index in [1.807, 2.05) is 0 Å². The first-order valence-electron chi connectivity index (χ1n) is 6.36. The molecule has 0 spiro atoms. The second kappa shape index (κ2) is 6.60. The maximum atomic E-state index is 12.0. The number of methoxy groups -OCH3 is 1. The van der Waals surface area contributed by atoms with Crippen LogP contribution in [0.2, 0.25) is 0 Å². The number of nitrogens with one attached hydrogen (secondary N) is 1. The van der Waals surface area contributed by atoms with Crippen molar-refractivity contribution in [2.75, 3.05) is 19.0 Å². The van der Waals surface area contributed by atoms with Gasteiger partial charge in [-0.25, -0.2) is 4.79 Å². The molecule has 0 aliphatic heterocycles. The summed E-state index contributed by atoms with van der Waals surface area (Å²) in [5.74, 6) is -0.412. The summed E-state index contributed by atoms with van der Waals surface area (Å²) in [5, 5.41) is 2.65. The van der Waals surface area contributed by atoms with Gasteiger partial charge in [0.25, 0.3) is 5.91 Å².